The van der Waals surface area contributed by atoms with E-state index in [0.717, 1.165) is 44.2 Å². The van der Waals surface area contributed by atoms with Crippen molar-refractivity contribution >= 4 is 5.91 Å². The summed E-state index contributed by atoms with van der Waals surface area (Å²) in [6, 6.07) is 12.0. The van der Waals surface area contributed by atoms with Crippen molar-refractivity contribution in [3.8, 4) is 5.75 Å². The highest BCUT2D eigenvalue weighted by atomic mass is 16.5. The molecule has 3 rings (SSSR count). The zero-order valence-corrected chi connectivity index (χ0v) is 18.5. The van der Waals surface area contributed by atoms with E-state index >= 15 is 0 Å². The Morgan fingerprint density at radius 1 is 1.10 bits per heavy atom. The lowest BCUT2D eigenvalue weighted by atomic mass is 10.0. The fourth-order valence-electron chi connectivity index (χ4n) is 4.04. The van der Waals surface area contributed by atoms with Gasteiger partial charge in [-0.3, -0.25) is 14.6 Å². The predicted octanol–water partition coefficient (Wildman–Crippen LogP) is 4.09. The number of likely N-dealkylation sites (tertiary alicyclic amines) is 1. The van der Waals surface area contributed by atoms with Gasteiger partial charge >= 0.3 is 0 Å². The summed E-state index contributed by atoms with van der Waals surface area (Å²) in [5, 5.41) is 3.10. The van der Waals surface area contributed by atoms with Crippen LogP contribution in [0.2, 0.25) is 0 Å². The van der Waals surface area contributed by atoms with Crippen LogP contribution >= 0.6 is 0 Å². The minimum Gasteiger partial charge on any atom is -0.497 e. The molecule has 1 fully saturated rings. The molecule has 1 aliphatic rings. The smallest absolute Gasteiger partial charge is 0.287 e. The van der Waals surface area contributed by atoms with E-state index in [1.165, 1.54) is 24.8 Å². The molecule has 1 amide bonds. The van der Waals surface area contributed by atoms with Crippen molar-refractivity contribution in [3.63, 3.8) is 0 Å². The lowest BCUT2D eigenvalue weighted by Crippen LogP contribution is -2.40. The zero-order chi connectivity index (χ0) is 21.3. The number of ether oxygens (including phenoxy) is 1. The molecule has 0 saturated carbocycles. The maximum atomic E-state index is 12.7. The molecule has 2 aromatic rings. The standard InChI is InChI=1S/C24H35N3O3/c1-4-26(5-2)18-21-13-14-23(30-21)24(28)25-17-22(27-15-7-6-8-16-27)19-9-11-20(29-3)12-10-19/h9-14,22H,4-8,15-18H2,1-3H3,(H,25,28)/t22-/m1/s1. The number of carbonyl (C=O) groups is 1. The molecule has 6 heteroatoms. The van der Waals surface area contributed by atoms with Crippen LogP contribution in [-0.4, -0.2) is 55.5 Å². The van der Waals surface area contributed by atoms with Crippen LogP contribution in [-0.2, 0) is 6.54 Å². The molecule has 164 valence electrons. The van der Waals surface area contributed by atoms with Crippen LogP contribution in [0.25, 0.3) is 0 Å². The van der Waals surface area contributed by atoms with Gasteiger partial charge in [0.25, 0.3) is 5.91 Å². The van der Waals surface area contributed by atoms with Gasteiger partial charge < -0.3 is 14.5 Å². The van der Waals surface area contributed by atoms with E-state index in [2.05, 4.69) is 41.1 Å². The topological polar surface area (TPSA) is 58.0 Å². The Hall–Kier alpha value is -2.31. The monoisotopic (exact) mass is 413 g/mol. The average Bonchev–Trinajstić information content (AvgIpc) is 3.27. The first kappa shape index (κ1) is 22.4. The lowest BCUT2D eigenvalue weighted by molar-refractivity contribution is 0.0893. The number of amides is 1. The maximum Gasteiger partial charge on any atom is 0.287 e. The first-order valence-electron chi connectivity index (χ1n) is 11.1. The summed E-state index contributed by atoms with van der Waals surface area (Å²) in [5.74, 6) is 1.89. The molecule has 0 bridgehead atoms. The van der Waals surface area contributed by atoms with Gasteiger partial charge in [0, 0.05) is 6.54 Å². The lowest BCUT2D eigenvalue weighted by Gasteiger charge is -2.35. The predicted molar refractivity (Wildman–Crippen MR) is 119 cm³/mol. The molecule has 1 N–H and O–H groups in total. The molecule has 1 aromatic heterocycles. The number of nitrogens with one attached hydrogen (secondary N) is 1. The number of piperidine rings is 1. The zero-order valence-electron chi connectivity index (χ0n) is 18.5. The molecule has 0 aliphatic carbocycles. The van der Waals surface area contributed by atoms with Crippen molar-refractivity contribution in [1.82, 2.24) is 15.1 Å². The van der Waals surface area contributed by atoms with Gasteiger partial charge in [-0.25, -0.2) is 0 Å². The second-order valence-corrected chi connectivity index (χ2v) is 7.82. The van der Waals surface area contributed by atoms with E-state index in [0.29, 0.717) is 12.3 Å². The molecule has 2 heterocycles. The van der Waals surface area contributed by atoms with Crippen molar-refractivity contribution in [2.75, 3.05) is 39.8 Å². The number of carbonyl (C=O) groups excluding carboxylic acids is 1. The van der Waals surface area contributed by atoms with E-state index in [1.807, 2.05) is 18.2 Å². The van der Waals surface area contributed by atoms with Crippen LogP contribution in [0.3, 0.4) is 0 Å². The third-order valence-corrected chi connectivity index (χ3v) is 5.95. The van der Waals surface area contributed by atoms with E-state index in [4.69, 9.17) is 9.15 Å². The molecule has 0 spiro atoms. The minimum atomic E-state index is -0.156. The van der Waals surface area contributed by atoms with Crippen LogP contribution in [0.1, 0.15) is 61.0 Å². The third-order valence-electron chi connectivity index (χ3n) is 5.95. The quantitative estimate of drug-likeness (QED) is 0.636. The number of rotatable bonds is 10. The van der Waals surface area contributed by atoms with Gasteiger partial charge in [-0.1, -0.05) is 32.4 Å². The van der Waals surface area contributed by atoms with Crippen LogP contribution < -0.4 is 10.1 Å². The van der Waals surface area contributed by atoms with Crippen molar-refractivity contribution in [2.45, 2.75) is 45.7 Å². The van der Waals surface area contributed by atoms with Crippen molar-refractivity contribution in [3.05, 3.63) is 53.5 Å². The number of furan rings is 1. The summed E-state index contributed by atoms with van der Waals surface area (Å²) in [5.41, 5.74) is 1.19. The normalized spacial score (nSPS) is 15.9. The molecule has 1 aromatic carbocycles. The molecular weight excluding hydrogens is 378 g/mol. The van der Waals surface area contributed by atoms with E-state index in [1.54, 1.807) is 13.2 Å². The SMILES string of the molecule is CCN(CC)Cc1ccc(C(=O)NC[C@H](c2ccc(OC)cc2)N2CCCCC2)o1. The average molecular weight is 414 g/mol. The summed E-state index contributed by atoms with van der Waals surface area (Å²) in [7, 11) is 1.68. The van der Waals surface area contributed by atoms with E-state index < -0.39 is 0 Å². The van der Waals surface area contributed by atoms with Crippen LogP contribution in [0, 0.1) is 0 Å². The molecule has 6 nitrogen and oxygen atoms in total. The Balaban J connectivity index is 1.65. The van der Waals surface area contributed by atoms with E-state index in [-0.39, 0.29) is 11.9 Å². The van der Waals surface area contributed by atoms with Crippen molar-refractivity contribution in [1.29, 1.82) is 0 Å². The van der Waals surface area contributed by atoms with Gasteiger partial charge in [-0.05, 0) is 68.8 Å². The first-order chi connectivity index (χ1) is 14.6. The number of nitrogens with zero attached hydrogens (tertiary/aromatic N) is 2. The summed E-state index contributed by atoms with van der Waals surface area (Å²) in [4.78, 5) is 17.5. The fraction of sp³-hybridized carbons (Fsp3) is 0.542. The highest BCUT2D eigenvalue weighted by Crippen LogP contribution is 2.26. The van der Waals surface area contributed by atoms with Gasteiger partial charge in [-0.2, -0.15) is 0 Å². The summed E-state index contributed by atoms with van der Waals surface area (Å²) >= 11 is 0. The molecule has 0 radical (unpaired) electrons. The third kappa shape index (κ3) is 5.86. The van der Waals surface area contributed by atoms with Crippen LogP contribution in [0.4, 0.5) is 0 Å². The number of hydrogen-bond acceptors (Lipinski definition) is 5. The van der Waals surface area contributed by atoms with Crippen LogP contribution in [0.5, 0.6) is 5.75 Å². The maximum absolute atomic E-state index is 12.7. The van der Waals surface area contributed by atoms with Gasteiger partial charge in [0.2, 0.25) is 0 Å². The van der Waals surface area contributed by atoms with Gasteiger partial charge in [0.05, 0.1) is 19.7 Å². The van der Waals surface area contributed by atoms with Crippen LogP contribution in [0.15, 0.2) is 40.8 Å². The fourth-order valence-corrected chi connectivity index (χ4v) is 4.04. The Labute approximate surface area is 180 Å². The molecule has 0 unspecified atom stereocenters. The highest BCUT2D eigenvalue weighted by molar-refractivity contribution is 5.91. The molecule has 1 saturated heterocycles. The Bertz CT molecular complexity index is 777. The highest BCUT2D eigenvalue weighted by Gasteiger charge is 2.24. The van der Waals surface area contributed by atoms with Crippen molar-refractivity contribution < 1.29 is 13.9 Å². The second-order valence-electron chi connectivity index (χ2n) is 7.82. The van der Waals surface area contributed by atoms with Gasteiger partial charge in [-0.15, -0.1) is 0 Å². The van der Waals surface area contributed by atoms with Gasteiger partial charge in [0.15, 0.2) is 5.76 Å². The summed E-state index contributed by atoms with van der Waals surface area (Å²) < 4.78 is 11.1. The molecule has 1 aliphatic heterocycles. The summed E-state index contributed by atoms with van der Waals surface area (Å²) in [6.45, 7) is 9.55. The second kappa shape index (κ2) is 11.2. The summed E-state index contributed by atoms with van der Waals surface area (Å²) in [6.07, 6.45) is 3.68. The first-order valence-corrected chi connectivity index (χ1v) is 11.1. The largest absolute Gasteiger partial charge is 0.497 e. The number of benzene rings is 1. The Morgan fingerprint density at radius 2 is 1.80 bits per heavy atom. The molecule has 1 atom stereocenters. The minimum absolute atomic E-state index is 0.144. The van der Waals surface area contributed by atoms with E-state index in [9.17, 15) is 4.79 Å². The number of methoxy groups -OCH3 is 1. The van der Waals surface area contributed by atoms with Gasteiger partial charge in [0.1, 0.15) is 11.5 Å². The Kier molecular flexibility index (Phi) is 8.34. The Morgan fingerprint density at radius 3 is 2.43 bits per heavy atom. The molecule has 30 heavy (non-hydrogen) atoms. The number of hydrogen-bond donors (Lipinski definition) is 1. The van der Waals surface area contributed by atoms with Crippen molar-refractivity contribution in [2.24, 2.45) is 0 Å². The molecular formula is C24H35N3O3.